The third kappa shape index (κ3) is 4.01. The number of halogens is 1. The highest BCUT2D eigenvalue weighted by Gasteiger charge is 2.11. The number of aromatic nitrogens is 2. The van der Waals surface area contributed by atoms with E-state index in [9.17, 15) is 0 Å². The lowest BCUT2D eigenvalue weighted by molar-refractivity contribution is 0.415. The number of rotatable bonds is 7. The lowest BCUT2D eigenvalue weighted by Crippen LogP contribution is -2.17. The van der Waals surface area contributed by atoms with Crippen LogP contribution in [0.1, 0.15) is 18.4 Å². The number of ether oxygens (including phenoxy) is 1. The fraction of sp³-hybridized carbons (Fsp3) is 0.429. The van der Waals surface area contributed by atoms with E-state index in [2.05, 4.69) is 38.4 Å². The Morgan fingerprint density at radius 2 is 2.15 bits per heavy atom. The highest BCUT2D eigenvalue weighted by molar-refractivity contribution is 9.10. The molecule has 4 nitrogen and oxygen atoms in total. The van der Waals surface area contributed by atoms with Crippen molar-refractivity contribution in [2.24, 2.45) is 0 Å². The third-order valence-electron chi connectivity index (χ3n) is 2.81. The maximum absolute atomic E-state index is 5.26. The van der Waals surface area contributed by atoms with Gasteiger partial charge in [-0.15, -0.1) is 10.2 Å². The summed E-state index contributed by atoms with van der Waals surface area (Å²) >= 11 is 5.18. The van der Waals surface area contributed by atoms with Crippen molar-refractivity contribution < 1.29 is 4.74 Å². The van der Waals surface area contributed by atoms with Crippen molar-refractivity contribution in [2.45, 2.75) is 19.8 Å². The molecule has 108 valence electrons. The van der Waals surface area contributed by atoms with Crippen LogP contribution in [0.25, 0.3) is 10.6 Å². The third-order valence-corrected chi connectivity index (χ3v) is 4.52. The molecule has 0 bridgehead atoms. The summed E-state index contributed by atoms with van der Waals surface area (Å²) in [7, 11) is 1.66. The van der Waals surface area contributed by atoms with E-state index in [4.69, 9.17) is 4.74 Å². The number of methoxy groups -OCH3 is 1. The van der Waals surface area contributed by atoms with Crippen molar-refractivity contribution in [2.75, 3.05) is 20.2 Å². The smallest absolute Gasteiger partial charge is 0.149 e. The highest BCUT2D eigenvalue weighted by atomic mass is 79.9. The summed E-state index contributed by atoms with van der Waals surface area (Å²) in [6.45, 7) is 4.16. The summed E-state index contributed by atoms with van der Waals surface area (Å²) < 4.78 is 6.26. The number of nitrogens with zero attached hydrogens (tertiary/aromatic N) is 2. The first-order valence-electron chi connectivity index (χ1n) is 6.61. The number of benzene rings is 1. The zero-order valence-corrected chi connectivity index (χ0v) is 14.1. The van der Waals surface area contributed by atoms with Gasteiger partial charge in [0.2, 0.25) is 0 Å². The van der Waals surface area contributed by atoms with Crippen molar-refractivity contribution in [3.8, 4) is 16.3 Å². The normalized spacial score (nSPS) is 10.8. The molecular weight excluding hydrogens is 338 g/mol. The van der Waals surface area contributed by atoms with Crippen LogP contribution in [0.15, 0.2) is 22.7 Å². The Balaban J connectivity index is 2.08. The maximum atomic E-state index is 5.26. The first-order chi connectivity index (χ1) is 9.74. The van der Waals surface area contributed by atoms with Crippen LogP contribution >= 0.6 is 27.3 Å². The van der Waals surface area contributed by atoms with Gasteiger partial charge in [0.15, 0.2) is 0 Å². The molecule has 6 heteroatoms. The monoisotopic (exact) mass is 355 g/mol. The van der Waals surface area contributed by atoms with Gasteiger partial charge in [-0.25, -0.2) is 0 Å². The number of nitrogens with one attached hydrogen (secondary N) is 1. The summed E-state index contributed by atoms with van der Waals surface area (Å²) in [5.41, 5.74) is 1.02. The first kappa shape index (κ1) is 15.4. The zero-order valence-electron chi connectivity index (χ0n) is 11.6. The molecule has 1 N–H and O–H groups in total. The van der Waals surface area contributed by atoms with Gasteiger partial charge in [-0.3, -0.25) is 0 Å². The van der Waals surface area contributed by atoms with Gasteiger partial charge in [0.1, 0.15) is 15.8 Å². The zero-order chi connectivity index (χ0) is 14.4. The average Bonchev–Trinajstić information content (AvgIpc) is 2.93. The Morgan fingerprint density at radius 1 is 1.30 bits per heavy atom. The van der Waals surface area contributed by atoms with Crippen LogP contribution in [-0.4, -0.2) is 30.4 Å². The summed E-state index contributed by atoms with van der Waals surface area (Å²) in [6, 6.07) is 5.87. The minimum Gasteiger partial charge on any atom is -0.497 e. The predicted octanol–water partition coefficient (Wildman–Crippen LogP) is 3.52. The van der Waals surface area contributed by atoms with Crippen LogP contribution in [0.4, 0.5) is 0 Å². The fourth-order valence-corrected chi connectivity index (χ4v) is 3.19. The lowest BCUT2D eigenvalue weighted by Gasteiger charge is -2.03. The van der Waals surface area contributed by atoms with Gasteiger partial charge in [0.05, 0.1) is 7.11 Å². The van der Waals surface area contributed by atoms with Crippen molar-refractivity contribution in [1.29, 1.82) is 0 Å². The van der Waals surface area contributed by atoms with Crippen LogP contribution in [0, 0.1) is 0 Å². The van der Waals surface area contributed by atoms with E-state index in [-0.39, 0.29) is 0 Å². The van der Waals surface area contributed by atoms with Gasteiger partial charge >= 0.3 is 0 Å². The molecule has 1 aromatic carbocycles. The van der Waals surface area contributed by atoms with Gasteiger partial charge in [0, 0.05) is 23.0 Å². The van der Waals surface area contributed by atoms with Crippen LogP contribution in [0.5, 0.6) is 5.75 Å². The van der Waals surface area contributed by atoms with E-state index in [0.29, 0.717) is 0 Å². The Hall–Kier alpha value is -0.980. The molecule has 0 atom stereocenters. The predicted molar refractivity (Wildman–Crippen MR) is 86.5 cm³/mol. The molecule has 0 amide bonds. The van der Waals surface area contributed by atoms with E-state index >= 15 is 0 Å². The van der Waals surface area contributed by atoms with E-state index in [1.54, 1.807) is 18.4 Å². The summed E-state index contributed by atoms with van der Waals surface area (Å²) in [5.74, 6) is 0.824. The molecular formula is C14H18BrN3OS. The fourth-order valence-electron chi connectivity index (χ4n) is 1.76. The minimum atomic E-state index is 0.824. The molecule has 20 heavy (non-hydrogen) atoms. The molecule has 0 radical (unpaired) electrons. The van der Waals surface area contributed by atoms with Gasteiger partial charge in [0.25, 0.3) is 0 Å². The Morgan fingerprint density at radius 3 is 2.90 bits per heavy atom. The summed E-state index contributed by atoms with van der Waals surface area (Å²) in [6.07, 6.45) is 2.07. The lowest BCUT2D eigenvalue weighted by atomic mass is 10.2. The molecule has 1 aromatic heterocycles. The molecule has 0 saturated heterocycles. The second kappa shape index (κ2) is 7.71. The van der Waals surface area contributed by atoms with Crippen LogP contribution in [0.2, 0.25) is 0 Å². The van der Waals surface area contributed by atoms with E-state index in [1.807, 2.05) is 18.2 Å². The molecule has 0 aliphatic carbocycles. The number of hydrogen-bond donors (Lipinski definition) is 1. The first-order valence-corrected chi connectivity index (χ1v) is 8.22. The molecule has 1 heterocycles. The molecule has 2 rings (SSSR count). The quantitative estimate of drug-likeness (QED) is 0.771. The van der Waals surface area contributed by atoms with Gasteiger partial charge in [-0.1, -0.05) is 34.2 Å². The van der Waals surface area contributed by atoms with Crippen LogP contribution in [0.3, 0.4) is 0 Å². The van der Waals surface area contributed by atoms with Gasteiger partial charge in [-0.05, 0) is 31.2 Å². The largest absolute Gasteiger partial charge is 0.497 e. The standard InChI is InChI=1S/C14H18BrN3OS/c1-3-7-16-8-6-13-17-18-14(20-13)11-9-10(19-2)4-5-12(11)15/h4-5,9,16H,3,6-8H2,1-2H3. The molecule has 0 spiro atoms. The van der Waals surface area contributed by atoms with Gasteiger partial charge in [-0.2, -0.15) is 0 Å². The summed E-state index contributed by atoms with van der Waals surface area (Å²) in [4.78, 5) is 0. The Kier molecular flexibility index (Phi) is 5.94. The summed E-state index contributed by atoms with van der Waals surface area (Å²) in [5, 5.41) is 13.9. The second-order valence-corrected chi connectivity index (χ2v) is 6.26. The van der Waals surface area contributed by atoms with Crippen LogP contribution in [-0.2, 0) is 6.42 Å². The molecule has 0 saturated carbocycles. The topological polar surface area (TPSA) is 47.0 Å². The minimum absolute atomic E-state index is 0.824. The van der Waals surface area contributed by atoms with E-state index in [1.165, 1.54) is 0 Å². The van der Waals surface area contributed by atoms with E-state index < -0.39 is 0 Å². The van der Waals surface area contributed by atoms with Crippen molar-refractivity contribution in [1.82, 2.24) is 15.5 Å². The van der Waals surface area contributed by atoms with Crippen LogP contribution < -0.4 is 10.1 Å². The van der Waals surface area contributed by atoms with Gasteiger partial charge < -0.3 is 10.1 Å². The average molecular weight is 356 g/mol. The molecule has 0 aliphatic heterocycles. The Labute approximate surface area is 131 Å². The van der Waals surface area contributed by atoms with Crippen molar-refractivity contribution in [3.63, 3.8) is 0 Å². The molecule has 0 aliphatic rings. The maximum Gasteiger partial charge on any atom is 0.149 e. The second-order valence-electron chi connectivity index (χ2n) is 4.35. The Bertz CT molecular complexity index is 559. The number of hydrogen-bond acceptors (Lipinski definition) is 5. The molecule has 0 fully saturated rings. The SMILES string of the molecule is CCCNCCc1nnc(-c2cc(OC)ccc2Br)s1. The molecule has 0 unspecified atom stereocenters. The van der Waals surface area contributed by atoms with Crippen molar-refractivity contribution >= 4 is 27.3 Å². The molecule has 2 aromatic rings. The van der Waals surface area contributed by atoms with Crippen molar-refractivity contribution in [3.05, 3.63) is 27.7 Å². The highest BCUT2D eigenvalue weighted by Crippen LogP contribution is 2.33. The van der Waals surface area contributed by atoms with E-state index in [0.717, 1.165) is 51.7 Å².